The molecule has 0 aliphatic rings. The lowest BCUT2D eigenvalue weighted by Gasteiger charge is -2.09. The maximum atomic E-state index is 10.9. The summed E-state index contributed by atoms with van der Waals surface area (Å²) in [6.07, 6.45) is 2.71. The van der Waals surface area contributed by atoms with Crippen molar-refractivity contribution in [2.45, 2.75) is 26.4 Å². The third-order valence-electron chi connectivity index (χ3n) is 3.23. The molecule has 5 nitrogen and oxygen atoms in total. The lowest BCUT2D eigenvalue weighted by Crippen LogP contribution is -2.15. The maximum absolute atomic E-state index is 10.9. The lowest BCUT2D eigenvalue weighted by molar-refractivity contribution is -0.385. The Bertz CT molecular complexity index is 647. The smallest absolute Gasteiger partial charge is 0.283 e. The number of pyridine rings is 1. The number of aryl methyl sites for hydroxylation is 1. The van der Waals surface area contributed by atoms with Crippen LogP contribution in [0.15, 0.2) is 41.0 Å². The van der Waals surface area contributed by atoms with E-state index in [1.807, 2.05) is 12.1 Å². The number of nitro benzene ring substituents is 1. The van der Waals surface area contributed by atoms with Crippen LogP contribution in [0.1, 0.15) is 23.7 Å². The van der Waals surface area contributed by atoms with Gasteiger partial charge in [-0.1, -0.05) is 25.1 Å². The van der Waals surface area contributed by atoms with Gasteiger partial charge in [-0.3, -0.25) is 15.1 Å². The number of nitrogens with zero attached hydrogens (tertiary/aromatic N) is 2. The quantitative estimate of drug-likeness (QED) is 0.638. The zero-order chi connectivity index (χ0) is 15.2. The second kappa shape index (κ2) is 7.28. The molecule has 1 aromatic heterocycles. The van der Waals surface area contributed by atoms with E-state index in [0.29, 0.717) is 17.6 Å². The van der Waals surface area contributed by atoms with Crippen molar-refractivity contribution in [1.29, 1.82) is 0 Å². The minimum absolute atomic E-state index is 0.0846. The number of aromatic nitrogens is 1. The molecule has 0 unspecified atom stereocenters. The number of nitro groups is 1. The van der Waals surface area contributed by atoms with Crippen LogP contribution in [-0.4, -0.2) is 9.91 Å². The highest BCUT2D eigenvalue weighted by molar-refractivity contribution is 9.10. The predicted molar refractivity (Wildman–Crippen MR) is 85.0 cm³/mol. The molecule has 0 atom stereocenters. The highest BCUT2D eigenvalue weighted by Crippen LogP contribution is 2.28. The Morgan fingerprint density at radius 3 is 2.71 bits per heavy atom. The van der Waals surface area contributed by atoms with Crippen molar-refractivity contribution in [3.8, 4) is 0 Å². The summed E-state index contributed by atoms with van der Waals surface area (Å²) in [6, 6.07) is 9.04. The van der Waals surface area contributed by atoms with Gasteiger partial charge in [0.05, 0.1) is 15.1 Å². The normalized spacial score (nSPS) is 10.6. The van der Waals surface area contributed by atoms with Crippen LogP contribution in [-0.2, 0) is 19.5 Å². The highest BCUT2D eigenvalue weighted by atomic mass is 79.9. The average molecular weight is 350 g/mol. The topological polar surface area (TPSA) is 68.1 Å². The van der Waals surface area contributed by atoms with Gasteiger partial charge < -0.3 is 5.32 Å². The summed E-state index contributed by atoms with van der Waals surface area (Å²) in [4.78, 5) is 14.9. The monoisotopic (exact) mass is 349 g/mol. The van der Waals surface area contributed by atoms with E-state index >= 15 is 0 Å². The third-order valence-corrected chi connectivity index (χ3v) is 4.14. The van der Waals surface area contributed by atoms with E-state index in [4.69, 9.17) is 0 Å². The number of hydrogen-bond acceptors (Lipinski definition) is 4. The molecule has 21 heavy (non-hydrogen) atoms. The summed E-state index contributed by atoms with van der Waals surface area (Å²) in [5.74, 6) is 0. The average Bonchev–Trinajstić information content (AvgIpc) is 2.49. The summed E-state index contributed by atoms with van der Waals surface area (Å²) in [7, 11) is 0. The molecule has 2 aromatic rings. The minimum Gasteiger partial charge on any atom is -0.307 e. The number of rotatable bonds is 6. The molecule has 0 bridgehead atoms. The van der Waals surface area contributed by atoms with E-state index in [1.54, 1.807) is 12.3 Å². The fourth-order valence-electron chi connectivity index (χ4n) is 2.11. The Labute approximate surface area is 131 Å². The molecule has 110 valence electrons. The molecule has 0 saturated carbocycles. The van der Waals surface area contributed by atoms with E-state index in [9.17, 15) is 10.1 Å². The molecule has 0 saturated heterocycles. The first kappa shape index (κ1) is 15.6. The summed E-state index contributed by atoms with van der Waals surface area (Å²) >= 11 is 3.30. The molecule has 0 radical (unpaired) electrons. The van der Waals surface area contributed by atoms with Gasteiger partial charge >= 0.3 is 0 Å². The van der Waals surface area contributed by atoms with Gasteiger partial charge in [-0.05, 0) is 39.5 Å². The van der Waals surface area contributed by atoms with Gasteiger partial charge in [-0.2, -0.15) is 0 Å². The molecule has 0 aliphatic carbocycles. The molecule has 2 rings (SSSR count). The van der Waals surface area contributed by atoms with E-state index in [1.165, 1.54) is 11.6 Å². The van der Waals surface area contributed by atoms with Crippen LogP contribution in [0, 0.1) is 10.1 Å². The molecule has 0 fully saturated rings. The highest BCUT2D eigenvalue weighted by Gasteiger charge is 2.14. The molecule has 1 N–H and O–H groups in total. The van der Waals surface area contributed by atoms with Crippen molar-refractivity contribution in [2.24, 2.45) is 0 Å². The molecule has 6 heteroatoms. The van der Waals surface area contributed by atoms with Gasteiger partial charge in [0.25, 0.3) is 5.69 Å². The second-order valence-corrected chi connectivity index (χ2v) is 5.37. The van der Waals surface area contributed by atoms with Gasteiger partial charge in [-0.15, -0.1) is 0 Å². The number of nitrogens with one attached hydrogen (secondary N) is 1. The van der Waals surface area contributed by atoms with E-state index in [2.05, 4.69) is 39.2 Å². The van der Waals surface area contributed by atoms with Gasteiger partial charge in [0.1, 0.15) is 0 Å². The van der Waals surface area contributed by atoms with Crippen molar-refractivity contribution in [3.05, 3.63) is 67.9 Å². The van der Waals surface area contributed by atoms with Crippen molar-refractivity contribution in [2.75, 3.05) is 0 Å². The minimum atomic E-state index is -0.387. The van der Waals surface area contributed by atoms with Crippen molar-refractivity contribution in [1.82, 2.24) is 10.3 Å². The van der Waals surface area contributed by atoms with Gasteiger partial charge in [-0.25, -0.2) is 0 Å². The molecular weight excluding hydrogens is 334 g/mol. The zero-order valence-corrected chi connectivity index (χ0v) is 13.3. The van der Waals surface area contributed by atoms with Crippen LogP contribution in [0.4, 0.5) is 5.69 Å². The lowest BCUT2D eigenvalue weighted by atomic mass is 10.1. The first-order chi connectivity index (χ1) is 10.1. The molecule has 0 amide bonds. The first-order valence-corrected chi connectivity index (χ1v) is 7.48. The number of halogens is 1. The van der Waals surface area contributed by atoms with E-state index in [0.717, 1.165) is 17.7 Å². The Morgan fingerprint density at radius 2 is 2.00 bits per heavy atom. The maximum Gasteiger partial charge on any atom is 0.283 e. The molecule has 0 spiro atoms. The standard InChI is InChI=1S/C15H16BrN3O2/c1-2-11-6-4-8-18-13(11)10-17-9-12-5-3-7-14(15(12)16)19(20)21/h3-8,17H,2,9-10H2,1H3. The summed E-state index contributed by atoms with van der Waals surface area (Å²) in [5.41, 5.74) is 3.17. The van der Waals surface area contributed by atoms with Gasteiger partial charge in [0.2, 0.25) is 0 Å². The predicted octanol–water partition coefficient (Wildman–Crippen LogP) is 3.60. The molecular formula is C15H16BrN3O2. The Kier molecular flexibility index (Phi) is 5.41. The van der Waals surface area contributed by atoms with Crippen molar-refractivity contribution < 1.29 is 4.92 Å². The van der Waals surface area contributed by atoms with Crippen LogP contribution in [0.2, 0.25) is 0 Å². The SMILES string of the molecule is CCc1cccnc1CNCc1cccc([N+](=O)[O-])c1Br. The van der Waals surface area contributed by atoms with Crippen LogP contribution >= 0.6 is 15.9 Å². The number of benzene rings is 1. The fourth-order valence-corrected chi connectivity index (χ4v) is 2.66. The van der Waals surface area contributed by atoms with Crippen LogP contribution in [0.25, 0.3) is 0 Å². The van der Waals surface area contributed by atoms with Crippen molar-refractivity contribution >= 4 is 21.6 Å². The number of hydrogen-bond donors (Lipinski definition) is 1. The van der Waals surface area contributed by atoms with E-state index < -0.39 is 0 Å². The molecule has 1 heterocycles. The first-order valence-electron chi connectivity index (χ1n) is 6.68. The Balaban J connectivity index is 2.04. The van der Waals surface area contributed by atoms with Crippen LogP contribution in [0.5, 0.6) is 0 Å². The Hall–Kier alpha value is -1.79. The summed E-state index contributed by atoms with van der Waals surface area (Å²) in [6.45, 7) is 3.28. The second-order valence-electron chi connectivity index (χ2n) is 4.57. The van der Waals surface area contributed by atoms with Gasteiger partial charge in [0.15, 0.2) is 0 Å². The Morgan fingerprint density at radius 1 is 1.24 bits per heavy atom. The van der Waals surface area contributed by atoms with E-state index in [-0.39, 0.29) is 10.6 Å². The summed E-state index contributed by atoms with van der Waals surface area (Å²) in [5, 5.41) is 14.2. The molecule has 1 aromatic carbocycles. The van der Waals surface area contributed by atoms with Crippen molar-refractivity contribution in [3.63, 3.8) is 0 Å². The van der Waals surface area contributed by atoms with Crippen LogP contribution in [0.3, 0.4) is 0 Å². The molecule has 0 aliphatic heterocycles. The fraction of sp³-hybridized carbons (Fsp3) is 0.267. The summed E-state index contributed by atoms with van der Waals surface area (Å²) < 4.78 is 0.527. The van der Waals surface area contributed by atoms with Crippen LogP contribution < -0.4 is 5.32 Å². The largest absolute Gasteiger partial charge is 0.307 e. The zero-order valence-electron chi connectivity index (χ0n) is 11.7. The third kappa shape index (κ3) is 3.86. The van der Waals surface area contributed by atoms with Gasteiger partial charge in [0, 0.05) is 25.4 Å².